The van der Waals surface area contributed by atoms with Gasteiger partial charge >= 0.3 is 0 Å². The van der Waals surface area contributed by atoms with Gasteiger partial charge in [0.1, 0.15) is 0 Å². The van der Waals surface area contributed by atoms with Crippen LogP contribution in [0, 0.1) is 10.1 Å². The molecule has 1 fully saturated rings. The van der Waals surface area contributed by atoms with Crippen molar-refractivity contribution in [2.45, 2.75) is 19.3 Å². The van der Waals surface area contributed by atoms with Gasteiger partial charge < -0.3 is 4.90 Å². The summed E-state index contributed by atoms with van der Waals surface area (Å²) < 4.78 is 1.01. The predicted octanol–water partition coefficient (Wildman–Crippen LogP) is 3.19. The molecule has 0 aliphatic carbocycles. The Hall–Kier alpha value is -1.69. The molecule has 1 aromatic heterocycles. The number of thiazole rings is 1. The Kier molecular flexibility index (Phi) is 2.87. The fourth-order valence-electron chi connectivity index (χ4n) is 2.24. The molecule has 0 amide bonds. The number of nitro groups is 1. The minimum Gasteiger partial charge on any atom is -0.348 e. The molecular formula is C12H13N3O2S. The molecule has 94 valence electrons. The number of piperidine rings is 1. The van der Waals surface area contributed by atoms with Crippen LogP contribution >= 0.6 is 11.3 Å². The normalized spacial score (nSPS) is 16.1. The molecule has 0 saturated carbocycles. The topological polar surface area (TPSA) is 59.3 Å². The van der Waals surface area contributed by atoms with Gasteiger partial charge in [0.25, 0.3) is 5.69 Å². The Morgan fingerprint density at radius 2 is 2.06 bits per heavy atom. The van der Waals surface area contributed by atoms with E-state index in [0.717, 1.165) is 28.4 Å². The number of anilines is 1. The lowest BCUT2D eigenvalue weighted by molar-refractivity contribution is -0.384. The Labute approximate surface area is 108 Å². The van der Waals surface area contributed by atoms with Crippen molar-refractivity contribution in [1.29, 1.82) is 0 Å². The smallest absolute Gasteiger partial charge is 0.271 e. The molecule has 0 unspecified atom stereocenters. The van der Waals surface area contributed by atoms with Crippen LogP contribution in [-0.2, 0) is 0 Å². The first-order valence-electron chi connectivity index (χ1n) is 6.04. The zero-order valence-corrected chi connectivity index (χ0v) is 10.7. The van der Waals surface area contributed by atoms with Gasteiger partial charge in [-0.05, 0) is 25.3 Å². The summed E-state index contributed by atoms with van der Waals surface area (Å²) >= 11 is 1.62. The average molecular weight is 263 g/mol. The first kappa shape index (κ1) is 11.4. The van der Waals surface area contributed by atoms with Crippen molar-refractivity contribution < 1.29 is 4.92 Å². The summed E-state index contributed by atoms with van der Waals surface area (Å²) in [6, 6.07) is 4.89. The number of hydrogen-bond donors (Lipinski definition) is 0. The number of nitro benzene ring substituents is 1. The molecule has 2 heterocycles. The molecule has 0 bridgehead atoms. The Bertz CT molecular complexity index is 590. The SMILES string of the molecule is O=[N+]([O-])c1ccc2sc(N3CCCCC3)nc2c1. The minimum atomic E-state index is -0.376. The van der Waals surface area contributed by atoms with Gasteiger partial charge in [-0.2, -0.15) is 0 Å². The number of nitrogens with zero attached hydrogens (tertiary/aromatic N) is 3. The van der Waals surface area contributed by atoms with Crippen molar-refractivity contribution in [3.63, 3.8) is 0 Å². The summed E-state index contributed by atoms with van der Waals surface area (Å²) in [5, 5.41) is 11.7. The molecule has 2 aromatic rings. The third-order valence-corrected chi connectivity index (χ3v) is 4.29. The number of fused-ring (bicyclic) bond motifs is 1. The maximum Gasteiger partial charge on any atom is 0.271 e. The van der Waals surface area contributed by atoms with E-state index in [-0.39, 0.29) is 10.6 Å². The lowest BCUT2D eigenvalue weighted by Gasteiger charge is -2.25. The van der Waals surface area contributed by atoms with Crippen LogP contribution in [0.15, 0.2) is 18.2 Å². The van der Waals surface area contributed by atoms with E-state index in [2.05, 4.69) is 9.88 Å². The number of rotatable bonds is 2. The number of non-ortho nitro benzene ring substituents is 1. The Morgan fingerprint density at radius 3 is 2.78 bits per heavy atom. The number of hydrogen-bond acceptors (Lipinski definition) is 5. The second kappa shape index (κ2) is 4.53. The van der Waals surface area contributed by atoms with Gasteiger partial charge in [0.2, 0.25) is 0 Å². The highest BCUT2D eigenvalue weighted by molar-refractivity contribution is 7.22. The summed E-state index contributed by atoms with van der Waals surface area (Å²) in [4.78, 5) is 17.1. The fourth-order valence-corrected chi connectivity index (χ4v) is 3.24. The number of aromatic nitrogens is 1. The van der Waals surface area contributed by atoms with Crippen molar-refractivity contribution >= 4 is 32.4 Å². The molecule has 1 saturated heterocycles. The van der Waals surface area contributed by atoms with Crippen LogP contribution in [0.25, 0.3) is 10.2 Å². The highest BCUT2D eigenvalue weighted by Gasteiger charge is 2.16. The van der Waals surface area contributed by atoms with E-state index in [1.807, 2.05) is 0 Å². The summed E-state index contributed by atoms with van der Waals surface area (Å²) in [6.07, 6.45) is 3.69. The first-order valence-corrected chi connectivity index (χ1v) is 6.85. The minimum absolute atomic E-state index is 0.109. The van der Waals surface area contributed by atoms with Crippen molar-refractivity contribution in [3.05, 3.63) is 28.3 Å². The summed E-state index contributed by atoms with van der Waals surface area (Å²) in [6.45, 7) is 2.09. The molecule has 6 heteroatoms. The van der Waals surface area contributed by atoms with Gasteiger partial charge in [0, 0.05) is 25.2 Å². The maximum absolute atomic E-state index is 10.7. The quantitative estimate of drug-likeness (QED) is 0.616. The second-order valence-electron chi connectivity index (χ2n) is 4.45. The molecule has 0 N–H and O–H groups in total. The largest absolute Gasteiger partial charge is 0.348 e. The maximum atomic E-state index is 10.7. The second-order valence-corrected chi connectivity index (χ2v) is 5.46. The lowest BCUT2D eigenvalue weighted by Crippen LogP contribution is -2.29. The van der Waals surface area contributed by atoms with E-state index in [1.165, 1.54) is 19.3 Å². The molecule has 0 radical (unpaired) electrons. The molecular weight excluding hydrogens is 250 g/mol. The fraction of sp³-hybridized carbons (Fsp3) is 0.417. The van der Waals surface area contributed by atoms with E-state index in [9.17, 15) is 10.1 Å². The van der Waals surface area contributed by atoms with Crippen LogP contribution in [-0.4, -0.2) is 23.0 Å². The van der Waals surface area contributed by atoms with E-state index < -0.39 is 0 Å². The summed E-state index contributed by atoms with van der Waals surface area (Å²) in [5.41, 5.74) is 0.841. The average Bonchev–Trinajstić information content (AvgIpc) is 2.82. The molecule has 0 spiro atoms. The first-order chi connectivity index (χ1) is 8.74. The third-order valence-electron chi connectivity index (χ3n) is 3.20. The van der Waals surface area contributed by atoms with Crippen LogP contribution in [0.3, 0.4) is 0 Å². The highest BCUT2D eigenvalue weighted by Crippen LogP contribution is 2.32. The van der Waals surface area contributed by atoms with Gasteiger partial charge in [0.05, 0.1) is 15.1 Å². The van der Waals surface area contributed by atoms with Gasteiger partial charge in [-0.1, -0.05) is 11.3 Å². The van der Waals surface area contributed by atoms with Crippen LogP contribution < -0.4 is 4.90 Å². The molecule has 3 rings (SSSR count). The van der Waals surface area contributed by atoms with Gasteiger partial charge in [-0.15, -0.1) is 0 Å². The van der Waals surface area contributed by atoms with Crippen LogP contribution in [0.4, 0.5) is 10.8 Å². The van der Waals surface area contributed by atoms with Gasteiger partial charge in [-0.3, -0.25) is 10.1 Å². The number of benzene rings is 1. The molecule has 1 aliphatic rings. The Morgan fingerprint density at radius 1 is 1.28 bits per heavy atom. The van der Waals surface area contributed by atoms with E-state index >= 15 is 0 Å². The molecule has 0 atom stereocenters. The van der Waals surface area contributed by atoms with Crippen molar-refractivity contribution in [3.8, 4) is 0 Å². The molecule has 1 aliphatic heterocycles. The van der Waals surface area contributed by atoms with Crippen LogP contribution in [0.5, 0.6) is 0 Å². The van der Waals surface area contributed by atoms with Gasteiger partial charge in [0.15, 0.2) is 5.13 Å². The standard InChI is InChI=1S/C12H13N3O2S/c16-15(17)9-4-5-11-10(8-9)13-12(18-11)14-6-2-1-3-7-14/h4-5,8H,1-3,6-7H2. The van der Waals surface area contributed by atoms with Crippen LogP contribution in [0.2, 0.25) is 0 Å². The van der Waals surface area contributed by atoms with E-state index in [1.54, 1.807) is 29.5 Å². The van der Waals surface area contributed by atoms with Crippen molar-refractivity contribution in [2.24, 2.45) is 0 Å². The van der Waals surface area contributed by atoms with Crippen LogP contribution in [0.1, 0.15) is 19.3 Å². The molecule has 1 aromatic carbocycles. The van der Waals surface area contributed by atoms with E-state index in [0.29, 0.717) is 0 Å². The van der Waals surface area contributed by atoms with Gasteiger partial charge in [-0.25, -0.2) is 4.98 Å². The van der Waals surface area contributed by atoms with E-state index in [4.69, 9.17) is 0 Å². The monoisotopic (exact) mass is 263 g/mol. The summed E-state index contributed by atoms with van der Waals surface area (Å²) in [5.74, 6) is 0. The van der Waals surface area contributed by atoms with Crippen molar-refractivity contribution in [2.75, 3.05) is 18.0 Å². The predicted molar refractivity (Wildman–Crippen MR) is 72.3 cm³/mol. The molecule has 5 nitrogen and oxygen atoms in total. The summed E-state index contributed by atoms with van der Waals surface area (Å²) in [7, 11) is 0. The third kappa shape index (κ3) is 2.03. The lowest BCUT2D eigenvalue weighted by atomic mass is 10.1. The zero-order valence-electron chi connectivity index (χ0n) is 9.83. The Balaban J connectivity index is 1.97. The van der Waals surface area contributed by atoms with Crippen molar-refractivity contribution in [1.82, 2.24) is 4.98 Å². The molecule has 18 heavy (non-hydrogen) atoms. The zero-order chi connectivity index (χ0) is 12.5. The highest BCUT2D eigenvalue weighted by atomic mass is 32.1.